The third-order valence-corrected chi connectivity index (χ3v) is 6.66. The van der Waals surface area contributed by atoms with Gasteiger partial charge in [0.25, 0.3) is 0 Å². The Balaban J connectivity index is 1.84. The molecular weight excluding hydrogens is 464 g/mol. The van der Waals surface area contributed by atoms with Crippen LogP contribution in [0.5, 0.6) is 0 Å². The van der Waals surface area contributed by atoms with Crippen molar-refractivity contribution in [3.63, 3.8) is 0 Å². The Labute approximate surface area is 185 Å². The van der Waals surface area contributed by atoms with Crippen LogP contribution < -0.4 is 4.72 Å². The molecule has 0 aliphatic carbocycles. The normalized spacial score (nSPS) is 12.3. The molecule has 1 amide bonds. The molecule has 3 rings (SSSR count). The van der Waals surface area contributed by atoms with Gasteiger partial charge < -0.3 is 4.90 Å². The van der Waals surface area contributed by atoms with E-state index >= 15 is 0 Å². The van der Waals surface area contributed by atoms with Crippen LogP contribution >= 0.6 is 15.9 Å². The summed E-state index contributed by atoms with van der Waals surface area (Å²) >= 11 is 3.31. The van der Waals surface area contributed by atoms with Crippen LogP contribution in [0.25, 0.3) is 0 Å². The van der Waals surface area contributed by atoms with Crippen molar-refractivity contribution in [3.05, 3.63) is 101 Å². The Morgan fingerprint density at radius 1 is 0.900 bits per heavy atom. The topological polar surface area (TPSA) is 66.5 Å². The number of nitrogens with zero attached hydrogens (tertiary/aromatic N) is 1. The first-order valence-electron chi connectivity index (χ1n) is 9.46. The molecule has 0 aliphatic rings. The van der Waals surface area contributed by atoms with E-state index in [0.717, 1.165) is 15.6 Å². The summed E-state index contributed by atoms with van der Waals surface area (Å²) in [5, 5.41) is 0. The predicted octanol–water partition coefficient (Wildman–Crippen LogP) is 4.00. The lowest BCUT2D eigenvalue weighted by Gasteiger charge is -2.25. The van der Waals surface area contributed by atoms with Gasteiger partial charge in [-0.1, -0.05) is 76.6 Å². The van der Waals surface area contributed by atoms with E-state index in [9.17, 15) is 13.2 Å². The summed E-state index contributed by atoms with van der Waals surface area (Å²) < 4.78 is 29.3. The maximum Gasteiger partial charge on any atom is 0.241 e. The number of halogens is 1. The van der Waals surface area contributed by atoms with Gasteiger partial charge in [0.2, 0.25) is 15.9 Å². The van der Waals surface area contributed by atoms with E-state index in [2.05, 4.69) is 20.7 Å². The monoisotopic (exact) mass is 486 g/mol. The minimum absolute atomic E-state index is 0.113. The molecule has 0 unspecified atom stereocenters. The fourth-order valence-electron chi connectivity index (χ4n) is 3.10. The number of hydrogen-bond donors (Lipinski definition) is 1. The van der Waals surface area contributed by atoms with Gasteiger partial charge in [0.05, 0.1) is 4.90 Å². The summed E-state index contributed by atoms with van der Waals surface area (Å²) in [6, 6.07) is 24.4. The lowest BCUT2D eigenvalue weighted by molar-refractivity contribution is -0.132. The molecule has 0 fully saturated rings. The van der Waals surface area contributed by atoms with Crippen molar-refractivity contribution in [2.24, 2.45) is 0 Å². The highest BCUT2D eigenvalue weighted by atomic mass is 79.9. The van der Waals surface area contributed by atoms with Crippen LogP contribution in [0, 0.1) is 0 Å². The van der Waals surface area contributed by atoms with Gasteiger partial charge in [0.1, 0.15) is 6.04 Å². The van der Waals surface area contributed by atoms with E-state index in [0.29, 0.717) is 6.54 Å². The lowest BCUT2D eigenvalue weighted by Crippen LogP contribution is -2.48. The highest BCUT2D eigenvalue weighted by Crippen LogP contribution is 2.16. The molecule has 0 bridgehead atoms. The van der Waals surface area contributed by atoms with Crippen LogP contribution in [0.2, 0.25) is 0 Å². The van der Waals surface area contributed by atoms with E-state index in [-0.39, 0.29) is 17.2 Å². The number of benzene rings is 3. The third kappa shape index (κ3) is 6.01. The summed E-state index contributed by atoms with van der Waals surface area (Å²) in [6.45, 7) is 0.394. The minimum atomic E-state index is -3.87. The molecule has 1 N–H and O–H groups in total. The van der Waals surface area contributed by atoms with E-state index in [4.69, 9.17) is 0 Å². The SMILES string of the molecule is CN(Cc1ccccc1)C(=O)[C@H](Cc1ccccc1)NS(=O)(=O)c1ccc(Br)cc1. The predicted molar refractivity (Wildman–Crippen MR) is 121 cm³/mol. The summed E-state index contributed by atoms with van der Waals surface area (Å²) in [6.07, 6.45) is 0.258. The number of hydrogen-bond acceptors (Lipinski definition) is 3. The molecule has 0 radical (unpaired) electrons. The maximum absolute atomic E-state index is 13.2. The molecule has 3 aromatic rings. The number of sulfonamides is 1. The highest BCUT2D eigenvalue weighted by Gasteiger charge is 2.28. The number of carbonyl (C=O) groups excluding carboxylic acids is 1. The first-order chi connectivity index (χ1) is 14.3. The molecule has 5 nitrogen and oxygen atoms in total. The molecule has 0 heterocycles. The molecule has 30 heavy (non-hydrogen) atoms. The lowest BCUT2D eigenvalue weighted by atomic mass is 10.1. The molecule has 0 aliphatic heterocycles. The zero-order valence-corrected chi connectivity index (χ0v) is 18.9. The Bertz CT molecular complexity index is 1070. The molecule has 1 atom stereocenters. The molecule has 0 aromatic heterocycles. The van der Waals surface area contributed by atoms with Gasteiger partial charge in [-0.25, -0.2) is 8.42 Å². The first-order valence-corrected chi connectivity index (χ1v) is 11.7. The van der Waals surface area contributed by atoms with Crippen molar-refractivity contribution < 1.29 is 13.2 Å². The summed E-state index contributed by atoms with van der Waals surface area (Å²) in [5.41, 5.74) is 1.85. The van der Waals surface area contributed by atoms with E-state index in [1.54, 1.807) is 24.1 Å². The van der Waals surface area contributed by atoms with Gasteiger partial charge in [0, 0.05) is 18.1 Å². The van der Waals surface area contributed by atoms with Crippen LogP contribution in [0.1, 0.15) is 11.1 Å². The second kappa shape index (κ2) is 10.0. The van der Waals surface area contributed by atoms with Crippen molar-refractivity contribution in [1.82, 2.24) is 9.62 Å². The first kappa shape index (κ1) is 22.2. The van der Waals surface area contributed by atoms with Gasteiger partial charge in [-0.2, -0.15) is 4.72 Å². The van der Waals surface area contributed by atoms with Crippen molar-refractivity contribution in [1.29, 1.82) is 0 Å². The maximum atomic E-state index is 13.2. The van der Waals surface area contributed by atoms with Crippen LogP contribution in [0.4, 0.5) is 0 Å². The number of nitrogens with one attached hydrogen (secondary N) is 1. The number of carbonyl (C=O) groups is 1. The highest BCUT2D eigenvalue weighted by molar-refractivity contribution is 9.10. The fourth-order valence-corrected chi connectivity index (χ4v) is 4.55. The second-order valence-corrected chi connectivity index (χ2v) is 9.63. The van der Waals surface area contributed by atoms with Crippen molar-refractivity contribution >= 4 is 31.9 Å². The Hall–Kier alpha value is -2.48. The molecule has 3 aromatic carbocycles. The molecule has 7 heteroatoms. The smallest absolute Gasteiger partial charge is 0.241 e. The zero-order chi connectivity index (χ0) is 21.6. The van der Waals surface area contributed by atoms with Gasteiger partial charge in [-0.15, -0.1) is 0 Å². The van der Waals surface area contributed by atoms with Crippen molar-refractivity contribution in [2.45, 2.75) is 23.9 Å². The minimum Gasteiger partial charge on any atom is -0.340 e. The summed E-state index contributed by atoms with van der Waals surface area (Å²) in [7, 11) is -2.18. The van der Waals surface area contributed by atoms with Crippen LogP contribution in [-0.4, -0.2) is 32.3 Å². The Morgan fingerprint density at radius 2 is 1.43 bits per heavy atom. The van der Waals surface area contributed by atoms with Gasteiger partial charge >= 0.3 is 0 Å². The molecule has 0 saturated heterocycles. The van der Waals surface area contributed by atoms with Gasteiger partial charge in [0.15, 0.2) is 0 Å². The average molecular weight is 487 g/mol. The third-order valence-electron chi connectivity index (χ3n) is 4.64. The Morgan fingerprint density at radius 3 is 2.00 bits per heavy atom. The second-order valence-electron chi connectivity index (χ2n) is 7.00. The van der Waals surface area contributed by atoms with E-state index in [1.165, 1.54) is 12.1 Å². The van der Waals surface area contributed by atoms with Crippen LogP contribution in [-0.2, 0) is 27.8 Å². The summed E-state index contributed by atoms with van der Waals surface area (Å²) in [4.78, 5) is 14.9. The van der Waals surface area contributed by atoms with Crippen molar-refractivity contribution in [3.8, 4) is 0 Å². The standard InChI is InChI=1S/C23H23BrN2O3S/c1-26(17-19-10-6-3-7-11-19)23(27)22(16-18-8-4-2-5-9-18)25-30(28,29)21-14-12-20(24)13-15-21/h2-15,22,25H,16-17H2,1H3/t22-/m0/s1. The fraction of sp³-hybridized carbons (Fsp3) is 0.174. The number of likely N-dealkylation sites (N-methyl/N-ethyl adjacent to an activating group) is 1. The van der Waals surface area contributed by atoms with Crippen LogP contribution in [0.3, 0.4) is 0 Å². The largest absolute Gasteiger partial charge is 0.340 e. The average Bonchev–Trinajstić information content (AvgIpc) is 2.74. The van der Waals surface area contributed by atoms with E-state index < -0.39 is 16.1 Å². The Kier molecular flexibility index (Phi) is 7.42. The molecule has 0 spiro atoms. The van der Waals surface area contributed by atoms with Gasteiger partial charge in [-0.3, -0.25) is 4.79 Å². The zero-order valence-electron chi connectivity index (χ0n) is 16.5. The van der Waals surface area contributed by atoms with Crippen LogP contribution in [0.15, 0.2) is 94.3 Å². The number of amides is 1. The quantitative estimate of drug-likeness (QED) is 0.523. The van der Waals surface area contributed by atoms with E-state index in [1.807, 2.05) is 60.7 Å². The number of rotatable bonds is 8. The summed E-state index contributed by atoms with van der Waals surface area (Å²) in [5.74, 6) is -0.289. The molecule has 0 saturated carbocycles. The molecular formula is C23H23BrN2O3S. The van der Waals surface area contributed by atoms with Crippen molar-refractivity contribution in [2.75, 3.05) is 7.05 Å². The van der Waals surface area contributed by atoms with Gasteiger partial charge in [-0.05, 0) is 41.8 Å². The molecule has 156 valence electrons.